The number of para-hydroxylation sites is 1. The summed E-state index contributed by atoms with van der Waals surface area (Å²) >= 11 is 0. The second kappa shape index (κ2) is 5.51. The lowest BCUT2D eigenvalue weighted by Crippen LogP contribution is -2.30. The van der Waals surface area contributed by atoms with Crippen LogP contribution in [0.25, 0.3) is 0 Å². The molecule has 6 heteroatoms. The van der Waals surface area contributed by atoms with Gasteiger partial charge in [0.05, 0.1) is 12.3 Å². The van der Waals surface area contributed by atoms with E-state index in [2.05, 4.69) is 4.74 Å². The number of ether oxygens (including phenoxy) is 1. The SMILES string of the molecule is CCOC(=O)C(O)C(O)c1cccc(N)c1O. The molecule has 1 aromatic carbocycles. The highest BCUT2D eigenvalue weighted by Gasteiger charge is 2.29. The minimum Gasteiger partial charge on any atom is -0.505 e. The van der Waals surface area contributed by atoms with Crippen molar-refractivity contribution in [3.05, 3.63) is 23.8 Å². The van der Waals surface area contributed by atoms with Gasteiger partial charge in [-0.15, -0.1) is 0 Å². The molecule has 0 aromatic heterocycles. The van der Waals surface area contributed by atoms with Crippen LogP contribution in [0.5, 0.6) is 5.75 Å². The number of anilines is 1. The van der Waals surface area contributed by atoms with Crippen molar-refractivity contribution in [3.63, 3.8) is 0 Å². The second-order valence-corrected chi connectivity index (χ2v) is 3.43. The van der Waals surface area contributed by atoms with Gasteiger partial charge >= 0.3 is 5.97 Å². The molecule has 0 aliphatic carbocycles. The third-order valence-electron chi connectivity index (χ3n) is 2.24. The van der Waals surface area contributed by atoms with Gasteiger partial charge in [-0.05, 0) is 13.0 Å². The highest BCUT2D eigenvalue weighted by atomic mass is 16.5. The minimum absolute atomic E-state index is 0.0226. The fraction of sp³-hybridized carbons (Fsp3) is 0.364. The quantitative estimate of drug-likeness (QED) is 0.333. The Balaban J connectivity index is 2.92. The molecule has 0 saturated carbocycles. The molecule has 1 rings (SSSR count). The van der Waals surface area contributed by atoms with Crippen molar-refractivity contribution in [2.24, 2.45) is 0 Å². The molecule has 0 aliphatic rings. The van der Waals surface area contributed by atoms with Crippen molar-refractivity contribution < 1.29 is 24.9 Å². The van der Waals surface area contributed by atoms with Gasteiger partial charge in [0, 0.05) is 5.56 Å². The van der Waals surface area contributed by atoms with E-state index in [9.17, 15) is 20.1 Å². The molecule has 5 N–H and O–H groups in total. The maximum absolute atomic E-state index is 11.2. The van der Waals surface area contributed by atoms with E-state index in [1.165, 1.54) is 18.2 Å². The predicted octanol–water partition coefficient (Wildman–Crippen LogP) is -0.0682. The third-order valence-corrected chi connectivity index (χ3v) is 2.24. The summed E-state index contributed by atoms with van der Waals surface area (Å²) in [4.78, 5) is 11.2. The number of aliphatic hydroxyl groups is 2. The molecule has 0 aliphatic heterocycles. The first-order valence-electron chi connectivity index (χ1n) is 5.09. The van der Waals surface area contributed by atoms with Crippen LogP contribution in [0.1, 0.15) is 18.6 Å². The summed E-state index contributed by atoms with van der Waals surface area (Å²) in [6.07, 6.45) is -3.35. The molecule has 94 valence electrons. The Morgan fingerprint density at radius 1 is 1.47 bits per heavy atom. The number of esters is 1. The van der Waals surface area contributed by atoms with Gasteiger partial charge in [-0.2, -0.15) is 0 Å². The number of aromatic hydroxyl groups is 1. The van der Waals surface area contributed by atoms with Crippen LogP contribution in [0.2, 0.25) is 0 Å². The Morgan fingerprint density at radius 2 is 2.12 bits per heavy atom. The normalized spacial score (nSPS) is 14.1. The van der Waals surface area contributed by atoms with Gasteiger partial charge < -0.3 is 25.8 Å². The largest absolute Gasteiger partial charge is 0.505 e. The Hall–Kier alpha value is -1.79. The molecule has 1 aromatic rings. The van der Waals surface area contributed by atoms with Gasteiger partial charge in [0.2, 0.25) is 0 Å². The summed E-state index contributed by atoms with van der Waals surface area (Å²) in [7, 11) is 0. The summed E-state index contributed by atoms with van der Waals surface area (Å²) < 4.78 is 4.55. The van der Waals surface area contributed by atoms with Gasteiger partial charge in [0.15, 0.2) is 6.10 Å². The molecule has 2 unspecified atom stereocenters. The van der Waals surface area contributed by atoms with Crippen LogP contribution in [0.4, 0.5) is 5.69 Å². The van der Waals surface area contributed by atoms with Crippen LogP contribution in [0, 0.1) is 0 Å². The molecule has 0 amide bonds. The Morgan fingerprint density at radius 3 is 2.71 bits per heavy atom. The lowest BCUT2D eigenvalue weighted by atomic mass is 10.0. The maximum atomic E-state index is 11.2. The summed E-state index contributed by atoms with van der Waals surface area (Å²) in [5.74, 6) is -1.31. The summed E-state index contributed by atoms with van der Waals surface area (Å²) in [6, 6.07) is 4.28. The summed E-state index contributed by atoms with van der Waals surface area (Å²) in [5.41, 5.74) is 5.47. The number of carbonyl (C=O) groups is 1. The first-order chi connectivity index (χ1) is 7.99. The number of aliphatic hydroxyl groups excluding tert-OH is 2. The van der Waals surface area contributed by atoms with E-state index in [4.69, 9.17) is 5.73 Å². The minimum atomic E-state index is -1.76. The van der Waals surface area contributed by atoms with Crippen LogP contribution < -0.4 is 5.73 Å². The predicted molar refractivity (Wildman–Crippen MR) is 60.1 cm³/mol. The Bertz CT molecular complexity index is 407. The van der Waals surface area contributed by atoms with Crippen molar-refractivity contribution in [2.75, 3.05) is 12.3 Å². The van der Waals surface area contributed by atoms with Crippen molar-refractivity contribution in [1.82, 2.24) is 0 Å². The van der Waals surface area contributed by atoms with Crippen molar-refractivity contribution in [2.45, 2.75) is 19.1 Å². The molecule has 0 saturated heterocycles. The van der Waals surface area contributed by atoms with Gasteiger partial charge in [0.25, 0.3) is 0 Å². The maximum Gasteiger partial charge on any atom is 0.338 e. The first-order valence-corrected chi connectivity index (χ1v) is 5.09. The molecule has 0 heterocycles. The lowest BCUT2D eigenvalue weighted by molar-refractivity contribution is -0.159. The molecule has 0 bridgehead atoms. The molecular formula is C11H15NO5. The van der Waals surface area contributed by atoms with Crippen LogP contribution >= 0.6 is 0 Å². The number of nitrogens with two attached hydrogens (primary N) is 1. The second-order valence-electron chi connectivity index (χ2n) is 3.43. The van der Waals surface area contributed by atoms with E-state index in [1.54, 1.807) is 6.92 Å². The summed E-state index contributed by atoms with van der Waals surface area (Å²) in [5, 5.41) is 28.8. The van der Waals surface area contributed by atoms with E-state index < -0.39 is 18.2 Å². The van der Waals surface area contributed by atoms with Gasteiger partial charge in [-0.25, -0.2) is 4.79 Å². The average molecular weight is 241 g/mol. The number of benzene rings is 1. The molecule has 0 fully saturated rings. The Labute approximate surface area is 98.3 Å². The molecule has 0 radical (unpaired) electrons. The van der Waals surface area contributed by atoms with Crippen LogP contribution in [0.3, 0.4) is 0 Å². The van der Waals surface area contributed by atoms with Crippen molar-refractivity contribution in [1.29, 1.82) is 0 Å². The smallest absolute Gasteiger partial charge is 0.338 e. The number of rotatable bonds is 4. The molecule has 6 nitrogen and oxygen atoms in total. The topological polar surface area (TPSA) is 113 Å². The Kier molecular flexibility index (Phi) is 4.30. The number of nitrogen functional groups attached to an aromatic ring is 1. The monoisotopic (exact) mass is 241 g/mol. The molecule has 2 atom stereocenters. The average Bonchev–Trinajstić information content (AvgIpc) is 2.31. The highest BCUT2D eigenvalue weighted by Crippen LogP contribution is 2.31. The third kappa shape index (κ3) is 2.86. The van der Waals surface area contributed by atoms with E-state index in [1.807, 2.05) is 0 Å². The van der Waals surface area contributed by atoms with Gasteiger partial charge in [-0.3, -0.25) is 0 Å². The van der Waals surface area contributed by atoms with Crippen molar-refractivity contribution in [3.8, 4) is 5.75 Å². The summed E-state index contributed by atoms with van der Waals surface area (Å²) in [6.45, 7) is 1.67. The zero-order valence-electron chi connectivity index (χ0n) is 9.33. The number of hydrogen-bond donors (Lipinski definition) is 4. The molecule has 17 heavy (non-hydrogen) atoms. The molecular weight excluding hydrogens is 226 g/mol. The van der Waals surface area contributed by atoms with Crippen LogP contribution in [-0.4, -0.2) is 34.0 Å². The van der Waals surface area contributed by atoms with Crippen LogP contribution in [-0.2, 0) is 9.53 Å². The van der Waals surface area contributed by atoms with E-state index >= 15 is 0 Å². The van der Waals surface area contributed by atoms with Crippen molar-refractivity contribution >= 4 is 11.7 Å². The van der Waals surface area contributed by atoms with E-state index in [0.717, 1.165) is 0 Å². The zero-order chi connectivity index (χ0) is 13.0. The first kappa shape index (κ1) is 13.3. The van der Waals surface area contributed by atoms with Gasteiger partial charge in [-0.1, -0.05) is 12.1 Å². The van der Waals surface area contributed by atoms with E-state index in [-0.39, 0.29) is 23.6 Å². The number of hydrogen-bond acceptors (Lipinski definition) is 6. The van der Waals surface area contributed by atoms with Gasteiger partial charge in [0.1, 0.15) is 11.9 Å². The number of carbonyl (C=O) groups excluding carboxylic acids is 1. The van der Waals surface area contributed by atoms with Crippen LogP contribution in [0.15, 0.2) is 18.2 Å². The molecule has 0 spiro atoms. The highest BCUT2D eigenvalue weighted by molar-refractivity contribution is 5.76. The fourth-order valence-corrected chi connectivity index (χ4v) is 1.35. The zero-order valence-corrected chi connectivity index (χ0v) is 9.33. The standard InChI is InChI=1S/C11H15NO5/c1-2-17-11(16)10(15)9(14)6-4-3-5-7(12)8(6)13/h3-5,9-10,13-15H,2,12H2,1H3. The number of phenolic OH excluding ortho intramolecular Hbond substituents is 1. The fourth-order valence-electron chi connectivity index (χ4n) is 1.35. The lowest BCUT2D eigenvalue weighted by Gasteiger charge is -2.18. The van der Waals surface area contributed by atoms with E-state index in [0.29, 0.717) is 0 Å². The number of phenols is 1.